The molecule has 0 amide bonds. The first-order chi connectivity index (χ1) is 11.1. The zero-order chi connectivity index (χ0) is 16.0. The Hall–Kier alpha value is -2.77. The summed E-state index contributed by atoms with van der Waals surface area (Å²) in [6, 6.07) is 5.24. The van der Waals surface area contributed by atoms with Crippen molar-refractivity contribution in [2.45, 2.75) is 32.7 Å². The number of hydrogen-bond donors (Lipinski definition) is 1. The SMILES string of the molecule is Cc1cc(-c2nc(-c3ccc(=O)[nH]n3)no2)nn1C(C)C1CC1. The Kier molecular flexibility index (Phi) is 3.10. The average Bonchev–Trinajstić information content (AvgIpc) is 3.15. The molecular weight excluding hydrogens is 296 g/mol. The number of hydrogen-bond acceptors (Lipinski definition) is 6. The van der Waals surface area contributed by atoms with Crippen molar-refractivity contribution in [3.8, 4) is 23.1 Å². The lowest BCUT2D eigenvalue weighted by atomic mass is 10.2. The molecule has 8 nitrogen and oxygen atoms in total. The molecule has 23 heavy (non-hydrogen) atoms. The fourth-order valence-corrected chi connectivity index (χ4v) is 2.68. The lowest BCUT2D eigenvalue weighted by molar-refractivity contribution is 0.418. The van der Waals surface area contributed by atoms with E-state index in [9.17, 15) is 4.79 Å². The van der Waals surface area contributed by atoms with Crippen LogP contribution in [0.15, 0.2) is 27.5 Å². The van der Waals surface area contributed by atoms with E-state index in [1.807, 2.05) is 17.7 Å². The van der Waals surface area contributed by atoms with Crippen LogP contribution in [-0.2, 0) is 0 Å². The van der Waals surface area contributed by atoms with Crippen LogP contribution in [-0.4, -0.2) is 30.1 Å². The number of H-pyrrole nitrogens is 1. The number of nitrogens with zero attached hydrogens (tertiary/aromatic N) is 5. The van der Waals surface area contributed by atoms with E-state index in [0.29, 0.717) is 35.1 Å². The third-order valence-electron chi connectivity index (χ3n) is 4.17. The Morgan fingerprint density at radius 2 is 2.17 bits per heavy atom. The highest BCUT2D eigenvalue weighted by Gasteiger charge is 2.31. The zero-order valence-electron chi connectivity index (χ0n) is 12.9. The van der Waals surface area contributed by atoms with Gasteiger partial charge in [0, 0.05) is 11.8 Å². The van der Waals surface area contributed by atoms with Gasteiger partial charge in [-0.25, -0.2) is 5.10 Å². The highest BCUT2D eigenvalue weighted by atomic mass is 16.5. The van der Waals surface area contributed by atoms with E-state index in [1.54, 1.807) is 6.07 Å². The van der Waals surface area contributed by atoms with Gasteiger partial charge in [-0.1, -0.05) is 5.16 Å². The van der Waals surface area contributed by atoms with E-state index in [2.05, 4.69) is 32.4 Å². The van der Waals surface area contributed by atoms with Gasteiger partial charge in [-0.2, -0.15) is 15.2 Å². The monoisotopic (exact) mass is 312 g/mol. The molecule has 3 aromatic rings. The number of aromatic amines is 1. The van der Waals surface area contributed by atoms with Gasteiger partial charge in [0.1, 0.15) is 5.69 Å². The maximum Gasteiger partial charge on any atom is 0.278 e. The molecule has 0 radical (unpaired) electrons. The quantitative estimate of drug-likeness (QED) is 0.790. The molecule has 8 heteroatoms. The number of aromatic nitrogens is 6. The normalized spacial score (nSPS) is 15.7. The second kappa shape index (κ2) is 5.15. The van der Waals surface area contributed by atoms with Crippen molar-refractivity contribution in [3.63, 3.8) is 0 Å². The smallest absolute Gasteiger partial charge is 0.278 e. The van der Waals surface area contributed by atoms with Crippen molar-refractivity contribution in [3.05, 3.63) is 34.2 Å². The number of rotatable bonds is 4. The van der Waals surface area contributed by atoms with Crippen LogP contribution in [0.2, 0.25) is 0 Å². The van der Waals surface area contributed by atoms with E-state index >= 15 is 0 Å². The second-order valence-corrected chi connectivity index (χ2v) is 5.92. The van der Waals surface area contributed by atoms with Gasteiger partial charge < -0.3 is 4.52 Å². The first kappa shape index (κ1) is 13.9. The Bertz CT molecular complexity index is 884. The van der Waals surface area contributed by atoms with Crippen molar-refractivity contribution >= 4 is 0 Å². The third-order valence-corrected chi connectivity index (χ3v) is 4.17. The van der Waals surface area contributed by atoms with Crippen molar-refractivity contribution in [1.82, 2.24) is 30.1 Å². The molecule has 0 saturated heterocycles. The Balaban J connectivity index is 1.65. The van der Waals surface area contributed by atoms with Crippen LogP contribution in [0.25, 0.3) is 23.1 Å². The van der Waals surface area contributed by atoms with Gasteiger partial charge in [0.15, 0.2) is 5.69 Å². The summed E-state index contributed by atoms with van der Waals surface area (Å²) in [4.78, 5) is 15.4. The summed E-state index contributed by atoms with van der Waals surface area (Å²) in [6.07, 6.45) is 2.52. The first-order valence-electron chi connectivity index (χ1n) is 7.58. The topological polar surface area (TPSA) is 102 Å². The lowest BCUT2D eigenvalue weighted by Crippen LogP contribution is -2.10. The van der Waals surface area contributed by atoms with Crippen LogP contribution >= 0.6 is 0 Å². The van der Waals surface area contributed by atoms with E-state index < -0.39 is 0 Å². The molecule has 1 unspecified atom stereocenters. The van der Waals surface area contributed by atoms with Crippen molar-refractivity contribution < 1.29 is 4.52 Å². The van der Waals surface area contributed by atoms with Crippen LogP contribution in [0.5, 0.6) is 0 Å². The maximum absolute atomic E-state index is 11.0. The van der Waals surface area contributed by atoms with Gasteiger partial charge >= 0.3 is 0 Å². The predicted molar refractivity (Wildman–Crippen MR) is 81.5 cm³/mol. The van der Waals surface area contributed by atoms with Gasteiger partial charge in [0.2, 0.25) is 5.82 Å². The molecule has 3 heterocycles. The molecule has 1 aliphatic carbocycles. The molecule has 0 aromatic carbocycles. The second-order valence-electron chi connectivity index (χ2n) is 5.92. The fraction of sp³-hybridized carbons (Fsp3) is 0.400. The minimum absolute atomic E-state index is 0.277. The highest BCUT2D eigenvalue weighted by molar-refractivity contribution is 5.53. The summed E-state index contributed by atoms with van der Waals surface area (Å²) in [5.41, 5.74) is 1.89. The number of aryl methyl sites for hydroxylation is 1. The Morgan fingerprint density at radius 1 is 1.35 bits per heavy atom. The molecule has 0 spiro atoms. The molecule has 1 fully saturated rings. The fourth-order valence-electron chi connectivity index (χ4n) is 2.68. The summed E-state index contributed by atoms with van der Waals surface area (Å²) in [5.74, 6) is 1.38. The molecule has 1 saturated carbocycles. The standard InChI is InChI=1S/C15H16N6O2/c1-8-7-12(19-21(8)9(2)10-3-4-10)15-16-14(20-23-15)11-5-6-13(22)18-17-11/h5-7,9-10H,3-4H2,1-2H3,(H,18,22). The molecule has 0 bridgehead atoms. The van der Waals surface area contributed by atoms with Crippen molar-refractivity contribution in [2.75, 3.05) is 0 Å². The molecule has 1 atom stereocenters. The van der Waals surface area contributed by atoms with Gasteiger partial charge in [0.25, 0.3) is 11.4 Å². The summed E-state index contributed by atoms with van der Waals surface area (Å²) >= 11 is 0. The number of nitrogens with one attached hydrogen (secondary N) is 1. The van der Waals surface area contributed by atoms with E-state index in [4.69, 9.17) is 4.52 Å². The average molecular weight is 312 g/mol. The lowest BCUT2D eigenvalue weighted by Gasteiger charge is -2.12. The Morgan fingerprint density at radius 3 is 2.87 bits per heavy atom. The molecule has 1 N–H and O–H groups in total. The summed E-state index contributed by atoms with van der Waals surface area (Å²) in [5, 5.41) is 14.7. The molecule has 3 aromatic heterocycles. The summed E-state index contributed by atoms with van der Waals surface area (Å²) in [7, 11) is 0. The summed E-state index contributed by atoms with van der Waals surface area (Å²) in [6.45, 7) is 4.21. The first-order valence-corrected chi connectivity index (χ1v) is 7.58. The van der Waals surface area contributed by atoms with Crippen LogP contribution in [0.3, 0.4) is 0 Å². The van der Waals surface area contributed by atoms with E-state index in [0.717, 1.165) is 5.69 Å². The minimum atomic E-state index is -0.277. The predicted octanol–water partition coefficient (Wildman–Crippen LogP) is 1.96. The van der Waals surface area contributed by atoms with Crippen LogP contribution in [0, 0.1) is 12.8 Å². The Labute approximate surface area is 131 Å². The maximum atomic E-state index is 11.0. The van der Waals surface area contributed by atoms with Gasteiger partial charge in [0.05, 0.1) is 6.04 Å². The molecule has 1 aliphatic rings. The van der Waals surface area contributed by atoms with Crippen molar-refractivity contribution in [2.24, 2.45) is 5.92 Å². The third kappa shape index (κ3) is 2.56. The molecule has 4 rings (SSSR count). The highest BCUT2D eigenvalue weighted by Crippen LogP contribution is 2.40. The largest absolute Gasteiger partial charge is 0.332 e. The minimum Gasteiger partial charge on any atom is -0.332 e. The molecule has 118 valence electrons. The van der Waals surface area contributed by atoms with Gasteiger partial charge in [-0.15, -0.1) is 0 Å². The van der Waals surface area contributed by atoms with Crippen LogP contribution < -0.4 is 5.56 Å². The van der Waals surface area contributed by atoms with Gasteiger partial charge in [-0.05, 0) is 44.7 Å². The van der Waals surface area contributed by atoms with E-state index in [1.165, 1.54) is 18.9 Å². The van der Waals surface area contributed by atoms with Crippen LogP contribution in [0.1, 0.15) is 31.5 Å². The zero-order valence-corrected chi connectivity index (χ0v) is 12.9. The molecule has 0 aliphatic heterocycles. The van der Waals surface area contributed by atoms with Crippen molar-refractivity contribution in [1.29, 1.82) is 0 Å². The summed E-state index contributed by atoms with van der Waals surface area (Å²) < 4.78 is 7.31. The van der Waals surface area contributed by atoms with Crippen LogP contribution in [0.4, 0.5) is 0 Å². The molecular formula is C15H16N6O2. The van der Waals surface area contributed by atoms with Gasteiger partial charge in [-0.3, -0.25) is 9.48 Å². The van der Waals surface area contributed by atoms with E-state index in [-0.39, 0.29) is 5.56 Å².